The van der Waals surface area contributed by atoms with Crippen LogP contribution in [0.3, 0.4) is 0 Å². The summed E-state index contributed by atoms with van der Waals surface area (Å²) in [5.74, 6) is 1.35. The van der Waals surface area contributed by atoms with Crippen molar-refractivity contribution in [1.29, 1.82) is 0 Å². The maximum Gasteiger partial charge on any atom is 0.244 e. The molecule has 0 fully saturated rings. The smallest absolute Gasteiger partial charge is 0.244 e. The van der Waals surface area contributed by atoms with Crippen LogP contribution in [0.15, 0.2) is 42.5 Å². The van der Waals surface area contributed by atoms with E-state index < -0.39 is 28.0 Å². The van der Waals surface area contributed by atoms with Crippen molar-refractivity contribution in [2.45, 2.75) is 25.9 Å². The van der Waals surface area contributed by atoms with E-state index in [9.17, 15) is 13.2 Å². The molecule has 1 N–H and O–H groups in total. The number of hydrogen-bond acceptors (Lipinski definition) is 6. The van der Waals surface area contributed by atoms with Crippen LogP contribution in [0.5, 0.6) is 17.2 Å². The van der Waals surface area contributed by atoms with Gasteiger partial charge in [-0.2, -0.15) is 0 Å². The molecule has 0 aromatic heterocycles. The zero-order chi connectivity index (χ0) is 22.5. The summed E-state index contributed by atoms with van der Waals surface area (Å²) in [6, 6.07) is 10.3. The lowest BCUT2D eigenvalue weighted by Crippen LogP contribution is -2.48. The summed E-state index contributed by atoms with van der Waals surface area (Å²) in [6.07, 6.45) is 1.07. The van der Waals surface area contributed by atoms with Crippen molar-refractivity contribution in [3.63, 3.8) is 0 Å². The third-order valence-corrected chi connectivity index (χ3v) is 5.92. The van der Waals surface area contributed by atoms with E-state index in [0.717, 1.165) is 10.6 Å². The third-order valence-electron chi connectivity index (χ3n) is 4.68. The largest absolute Gasteiger partial charge is 0.497 e. The molecule has 2 aromatic rings. The Morgan fingerprint density at radius 3 is 2.00 bits per heavy atom. The summed E-state index contributed by atoms with van der Waals surface area (Å²) >= 11 is 0. The SMILES string of the molecule is COc1ccc(N([C@H](C)C(=O)N[C@@H](C)c2cc(OC)ccc2OC)S(C)(=O)=O)cc1. The van der Waals surface area contributed by atoms with Gasteiger partial charge in [0.15, 0.2) is 0 Å². The van der Waals surface area contributed by atoms with E-state index in [1.54, 1.807) is 56.5 Å². The first-order valence-corrected chi connectivity index (χ1v) is 11.1. The zero-order valence-corrected chi connectivity index (χ0v) is 18.8. The number of hydrogen-bond donors (Lipinski definition) is 1. The van der Waals surface area contributed by atoms with E-state index in [2.05, 4.69) is 5.32 Å². The third kappa shape index (κ3) is 5.35. The van der Waals surface area contributed by atoms with Gasteiger partial charge in [-0.05, 0) is 56.3 Å². The quantitative estimate of drug-likeness (QED) is 0.650. The van der Waals surface area contributed by atoms with E-state index in [1.807, 2.05) is 0 Å². The minimum atomic E-state index is -3.72. The summed E-state index contributed by atoms with van der Waals surface area (Å²) < 4.78 is 41.7. The van der Waals surface area contributed by atoms with Crippen LogP contribution in [-0.2, 0) is 14.8 Å². The van der Waals surface area contributed by atoms with Crippen molar-refractivity contribution in [2.24, 2.45) is 0 Å². The summed E-state index contributed by atoms with van der Waals surface area (Å²) in [4.78, 5) is 13.0. The van der Waals surface area contributed by atoms with Crippen LogP contribution in [0.1, 0.15) is 25.5 Å². The van der Waals surface area contributed by atoms with Crippen LogP contribution >= 0.6 is 0 Å². The summed E-state index contributed by atoms with van der Waals surface area (Å²) in [5, 5.41) is 2.86. The molecule has 9 heteroatoms. The number of nitrogens with zero attached hydrogens (tertiary/aromatic N) is 1. The van der Waals surface area contributed by atoms with Gasteiger partial charge in [0.2, 0.25) is 15.9 Å². The number of carbonyl (C=O) groups is 1. The van der Waals surface area contributed by atoms with Gasteiger partial charge in [-0.3, -0.25) is 9.10 Å². The molecule has 2 atom stereocenters. The Morgan fingerprint density at radius 2 is 1.50 bits per heavy atom. The van der Waals surface area contributed by atoms with Crippen molar-refractivity contribution < 1.29 is 27.4 Å². The van der Waals surface area contributed by atoms with Crippen LogP contribution < -0.4 is 23.8 Å². The Kier molecular flexibility index (Phi) is 7.55. The molecule has 30 heavy (non-hydrogen) atoms. The maximum absolute atomic E-state index is 13.0. The molecule has 164 valence electrons. The topological polar surface area (TPSA) is 94.2 Å². The number of methoxy groups -OCH3 is 3. The zero-order valence-electron chi connectivity index (χ0n) is 18.0. The fourth-order valence-corrected chi connectivity index (χ4v) is 4.30. The van der Waals surface area contributed by atoms with Gasteiger partial charge < -0.3 is 19.5 Å². The minimum Gasteiger partial charge on any atom is -0.497 e. The highest BCUT2D eigenvalue weighted by atomic mass is 32.2. The number of benzene rings is 2. The summed E-state index contributed by atoms with van der Waals surface area (Å²) in [7, 11) is 0.893. The monoisotopic (exact) mass is 436 g/mol. The number of amides is 1. The second-order valence-electron chi connectivity index (χ2n) is 6.77. The highest BCUT2D eigenvalue weighted by Crippen LogP contribution is 2.30. The number of ether oxygens (including phenoxy) is 3. The predicted octanol–water partition coefficient (Wildman–Crippen LogP) is 2.74. The van der Waals surface area contributed by atoms with Crippen LogP contribution in [0, 0.1) is 0 Å². The molecule has 1 amide bonds. The lowest BCUT2D eigenvalue weighted by molar-refractivity contribution is -0.122. The van der Waals surface area contributed by atoms with Gasteiger partial charge in [-0.1, -0.05) is 0 Å². The normalized spacial score (nSPS) is 13.1. The summed E-state index contributed by atoms with van der Waals surface area (Å²) in [6.45, 7) is 3.33. The molecule has 0 saturated heterocycles. The molecule has 8 nitrogen and oxygen atoms in total. The van der Waals surface area contributed by atoms with Crippen molar-refractivity contribution in [1.82, 2.24) is 5.32 Å². The fraction of sp³-hybridized carbons (Fsp3) is 0.381. The van der Waals surface area contributed by atoms with E-state index in [-0.39, 0.29) is 0 Å². The van der Waals surface area contributed by atoms with Gasteiger partial charge in [0, 0.05) is 5.56 Å². The Balaban J connectivity index is 2.29. The van der Waals surface area contributed by atoms with Gasteiger partial charge in [-0.15, -0.1) is 0 Å². The predicted molar refractivity (Wildman–Crippen MR) is 116 cm³/mol. The van der Waals surface area contributed by atoms with Crippen LogP contribution in [-0.4, -0.2) is 48.0 Å². The minimum absolute atomic E-state index is 0.368. The van der Waals surface area contributed by atoms with Crippen LogP contribution in [0.25, 0.3) is 0 Å². The molecule has 0 aliphatic rings. The van der Waals surface area contributed by atoms with Gasteiger partial charge >= 0.3 is 0 Å². The molecule has 0 saturated carbocycles. The Labute approximate surface area is 177 Å². The molecule has 2 aromatic carbocycles. The van der Waals surface area contributed by atoms with Crippen molar-refractivity contribution in [2.75, 3.05) is 31.9 Å². The van der Waals surface area contributed by atoms with E-state index in [4.69, 9.17) is 14.2 Å². The molecule has 0 unspecified atom stereocenters. The first kappa shape index (κ1) is 23.3. The van der Waals surface area contributed by atoms with Crippen molar-refractivity contribution in [3.8, 4) is 17.2 Å². The summed E-state index contributed by atoms with van der Waals surface area (Å²) in [5.41, 5.74) is 1.08. The molecule has 0 aliphatic carbocycles. The Bertz CT molecular complexity index is 975. The van der Waals surface area contributed by atoms with Crippen molar-refractivity contribution in [3.05, 3.63) is 48.0 Å². The molecular weight excluding hydrogens is 408 g/mol. The second kappa shape index (κ2) is 9.71. The lowest BCUT2D eigenvalue weighted by Gasteiger charge is -2.29. The number of anilines is 1. The number of rotatable bonds is 9. The maximum atomic E-state index is 13.0. The number of nitrogens with one attached hydrogen (secondary N) is 1. The average molecular weight is 437 g/mol. The van der Waals surface area contributed by atoms with Crippen LogP contribution in [0.2, 0.25) is 0 Å². The fourth-order valence-electron chi connectivity index (χ4n) is 3.13. The molecule has 0 bridgehead atoms. The van der Waals surface area contributed by atoms with Gasteiger partial charge in [0.1, 0.15) is 23.3 Å². The van der Waals surface area contributed by atoms with E-state index in [1.165, 1.54) is 21.1 Å². The highest BCUT2D eigenvalue weighted by molar-refractivity contribution is 7.92. The molecule has 2 rings (SSSR count). The van der Waals surface area contributed by atoms with Gasteiger partial charge in [0.05, 0.1) is 39.3 Å². The number of carbonyl (C=O) groups excluding carboxylic acids is 1. The van der Waals surface area contributed by atoms with Gasteiger partial charge in [0.25, 0.3) is 0 Å². The molecule has 0 aliphatic heterocycles. The second-order valence-corrected chi connectivity index (χ2v) is 8.63. The van der Waals surface area contributed by atoms with E-state index in [0.29, 0.717) is 28.5 Å². The number of sulfonamides is 1. The first-order valence-electron chi connectivity index (χ1n) is 9.28. The molecule has 0 radical (unpaired) electrons. The molecule has 0 heterocycles. The average Bonchev–Trinajstić information content (AvgIpc) is 2.72. The lowest BCUT2D eigenvalue weighted by atomic mass is 10.1. The standard InChI is InChI=1S/C21H28N2O6S/c1-14(19-13-18(28-4)11-12-20(19)29-5)22-21(24)15(2)23(30(6,25)26)16-7-9-17(27-3)10-8-16/h7-15H,1-6H3,(H,22,24)/t14-,15+/m0/s1. The molecular formula is C21H28N2O6S. The van der Waals surface area contributed by atoms with Crippen LogP contribution in [0.4, 0.5) is 5.69 Å². The van der Waals surface area contributed by atoms with Gasteiger partial charge in [-0.25, -0.2) is 8.42 Å². The molecule has 0 spiro atoms. The Morgan fingerprint density at radius 1 is 0.933 bits per heavy atom. The Hall–Kier alpha value is -2.94. The van der Waals surface area contributed by atoms with Crippen molar-refractivity contribution >= 4 is 21.6 Å². The first-order chi connectivity index (χ1) is 14.1. The highest BCUT2D eigenvalue weighted by Gasteiger charge is 2.30. The van der Waals surface area contributed by atoms with E-state index >= 15 is 0 Å².